The number of piperazine rings is 1. The Labute approximate surface area is 148 Å². The molecule has 3 rings (SSSR count). The number of rotatable bonds is 5. The van der Waals surface area contributed by atoms with Crippen LogP contribution in [0.4, 0.5) is 10.5 Å². The first kappa shape index (κ1) is 17.1. The average molecular weight is 340 g/mol. The fourth-order valence-electron chi connectivity index (χ4n) is 3.01. The third kappa shape index (κ3) is 4.41. The predicted octanol–water partition coefficient (Wildman–Crippen LogP) is 2.16. The number of carbonyl (C=O) groups is 1. The molecule has 0 unspecified atom stereocenters. The Morgan fingerprint density at radius 3 is 2.68 bits per heavy atom. The van der Waals surface area contributed by atoms with Crippen LogP contribution in [-0.4, -0.2) is 55.7 Å². The van der Waals surface area contributed by atoms with Gasteiger partial charge in [0.1, 0.15) is 5.75 Å². The van der Waals surface area contributed by atoms with E-state index in [9.17, 15) is 4.79 Å². The lowest BCUT2D eigenvalue weighted by molar-refractivity contribution is 0.194. The van der Waals surface area contributed by atoms with Crippen LogP contribution in [0.5, 0.6) is 5.75 Å². The summed E-state index contributed by atoms with van der Waals surface area (Å²) < 4.78 is 5.43. The minimum Gasteiger partial charge on any atom is -0.495 e. The number of carbonyl (C=O) groups excluding carboxylic acids is 1. The molecule has 2 heterocycles. The third-order valence-corrected chi connectivity index (χ3v) is 4.41. The van der Waals surface area contributed by atoms with E-state index >= 15 is 0 Å². The van der Waals surface area contributed by atoms with E-state index < -0.39 is 0 Å². The second-order valence-corrected chi connectivity index (χ2v) is 5.99. The van der Waals surface area contributed by atoms with E-state index in [0.717, 1.165) is 36.5 Å². The summed E-state index contributed by atoms with van der Waals surface area (Å²) in [5.74, 6) is 0.872. The van der Waals surface area contributed by atoms with Gasteiger partial charge in [-0.05, 0) is 30.2 Å². The highest BCUT2D eigenvalue weighted by atomic mass is 16.5. The van der Waals surface area contributed by atoms with E-state index in [1.54, 1.807) is 13.3 Å². The molecule has 6 heteroatoms. The fourth-order valence-corrected chi connectivity index (χ4v) is 3.01. The monoisotopic (exact) mass is 340 g/mol. The van der Waals surface area contributed by atoms with Gasteiger partial charge in [0.15, 0.2) is 0 Å². The number of nitrogens with one attached hydrogen (secondary N) is 1. The van der Waals surface area contributed by atoms with Gasteiger partial charge in [-0.25, -0.2) is 4.79 Å². The molecule has 2 amide bonds. The van der Waals surface area contributed by atoms with Gasteiger partial charge in [-0.2, -0.15) is 0 Å². The van der Waals surface area contributed by atoms with Crippen molar-refractivity contribution in [1.82, 2.24) is 15.2 Å². The molecule has 132 valence electrons. The van der Waals surface area contributed by atoms with Gasteiger partial charge in [0.2, 0.25) is 0 Å². The van der Waals surface area contributed by atoms with E-state index in [2.05, 4.69) is 21.3 Å². The Kier molecular flexibility index (Phi) is 5.72. The summed E-state index contributed by atoms with van der Waals surface area (Å²) in [6.45, 7) is 3.64. The number of para-hydroxylation sites is 2. The Hall–Kier alpha value is -2.76. The first-order valence-corrected chi connectivity index (χ1v) is 8.57. The fraction of sp³-hybridized carbons (Fsp3) is 0.368. The lowest BCUT2D eigenvalue weighted by atomic mass is 10.2. The molecular weight excluding hydrogens is 316 g/mol. The van der Waals surface area contributed by atoms with Gasteiger partial charge in [0, 0.05) is 45.1 Å². The minimum atomic E-state index is 0.00330. The predicted molar refractivity (Wildman–Crippen MR) is 98.1 cm³/mol. The van der Waals surface area contributed by atoms with Gasteiger partial charge < -0.3 is 19.9 Å². The van der Waals surface area contributed by atoms with Crippen LogP contribution in [-0.2, 0) is 6.42 Å². The van der Waals surface area contributed by atoms with Crippen molar-refractivity contribution in [3.8, 4) is 5.75 Å². The normalized spacial score (nSPS) is 14.3. The van der Waals surface area contributed by atoms with E-state index in [1.807, 2.05) is 41.4 Å². The Morgan fingerprint density at radius 2 is 1.96 bits per heavy atom. The van der Waals surface area contributed by atoms with Crippen molar-refractivity contribution < 1.29 is 9.53 Å². The van der Waals surface area contributed by atoms with E-state index in [-0.39, 0.29) is 6.03 Å². The zero-order valence-electron chi connectivity index (χ0n) is 14.5. The van der Waals surface area contributed by atoms with Crippen molar-refractivity contribution in [2.75, 3.05) is 44.7 Å². The molecule has 1 aromatic heterocycles. The zero-order valence-corrected chi connectivity index (χ0v) is 14.5. The van der Waals surface area contributed by atoms with Crippen LogP contribution >= 0.6 is 0 Å². The summed E-state index contributed by atoms with van der Waals surface area (Å²) in [5, 5.41) is 2.99. The van der Waals surface area contributed by atoms with Crippen molar-refractivity contribution >= 4 is 11.7 Å². The van der Waals surface area contributed by atoms with Crippen LogP contribution in [0.1, 0.15) is 5.56 Å². The molecule has 0 aliphatic carbocycles. The molecule has 1 aromatic carbocycles. The van der Waals surface area contributed by atoms with E-state index in [4.69, 9.17) is 4.74 Å². The van der Waals surface area contributed by atoms with Crippen molar-refractivity contribution in [2.24, 2.45) is 0 Å². The van der Waals surface area contributed by atoms with Crippen LogP contribution in [0, 0.1) is 0 Å². The Balaban J connectivity index is 1.46. The second-order valence-electron chi connectivity index (χ2n) is 5.99. The molecule has 1 aliphatic heterocycles. The summed E-state index contributed by atoms with van der Waals surface area (Å²) >= 11 is 0. The number of amides is 2. The molecule has 6 nitrogen and oxygen atoms in total. The molecule has 0 radical (unpaired) electrons. The van der Waals surface area contributed by atoms with E-state index in [1.165, 1.54) is 0 Å². The second kappa shape index (κ2) is 8.37. The number of pyridine rings is 1. The largest absolute Gasteiger partial charge is 0.495 e. The molecule has 0 bridgehead atoms. The van der Waals surface area contributed by atoms with E-state index in [0.29, 0.717) is 19.6 Å². The molecule has 1 saturated heterocycles. The third-order valence-electron chi connectivity index (χ3n) is 4.41. The quantitative estimate of drug-likeness (QED) is 0.906. The van der Waals surface area contributed by atoms with Gasteiger partial charge in [0.25, 0.3) is 0 Å². The molecule has 0 saturated carbocycles. The molecule has 25 heavy (non-hydrogen) atoms. The summed E-state index contributed by atoms with van der Waals surface area (Å²) in [6, 6.07) is 11.9. The number of urea groups is 1. The molecule has 1 fully saturated rings. The molecule has 1 aliphatic rings. The van der Waals surface area contributed by atoms with Crippen LogP contribution in [0.3, 0.4) is 0 Å². The maximum Gasteiger partial charge on any atom is 0.317 e. The van der Waals surface area contributed by atoms with Gasteiger partial charge in [-0.15, -0.1) is 0 Å². The summed E-state index contributed by atoms with van der Waals surface area (Å²) in [4.78, 5) is 20.5. The highest BCUT2D eigenvalue weighted by molar-refractivity contribution is 5.74. The molecule has 0 atom stereocenters. The number of ether oxygens (including phenoxy) is 1. The number of hydrogen-bond acceptors (Lipinski definition) is 4. The van der Waals surface area contributed by atoms with Crippen LogP contribution in [0.25, 0.3) is 0 Å². The SMILES string of the molecule is COc1ccccc1N1CCN(C(=O)NCCc2cccnc2)CC1. The molecule has 2 aromatic rings. The Morgan fingerprint density at radius 1 is 1.16 bits per heavy atom. The van der Waals surface area contributed by atoms with Crippen molar-refractivity contribution in [2.45, 2.75) is 6.42 Å². The Bertz CT molecular complexity index is 685. The van der Waals surface area contributed by atoms with Gasteiger partial charge in [-0.1, -0.05) is 18.2 Å². The molecule has 0 spiro atoms. The highest BCUT2D eigenvalue weighted by Gasteiger charge is 2.22. The van der Waals surface area contributed by atoms with Crippen molar-refractivity contribution in [3.63, 3.8) is 0 Å². The minimum absolute atomic E-state index is 0.00330. The van der Waals surface area contributed by atoms with Crippen molar-refractivity contribution in [1.29, 1.82) is 0 Å². The topological polar surface area (TPSA) is 57.7 Å². The van der Waals surface area contributed by atoms with Crippen LogP contribution in [0.2, 0.25) is 0 Å². The lowest BCUT2D eigenvalue weighted by Crippen LogP contribution is -2.52. The number of methoxy groups -OCH3 is 1. The average Bonchev–Trinajstić information content (AvgIpc) is 2.69. The maximum atomic E-state index is 12.3. The maximum absolute atomic E-state index is 12.3. The number of hydrogen-bond donors (Lipinski definition) is 1. The number of anilines is 1. The number of benzene rings is 1. The molecular formula is C19H24N4O2. The van der Waals surface area contributed by atoms with Gasteiger partial charge in [-0.3, -0.25) is 4.98 Å². The zero-order chi connectivity index (χ0) is 17.5. The van der Waals surface area contributed by atoms with Crippen LogP contribution in [0.15, 0.2) is 48.8 Å². The van der Waals surface area contributed by atoms with Gasteiger partial charge >= 0.3 is 6.03 Å². The summed E-state index contributed by atoms with van der Waals surface area (Å²) in [5.41, 5.74) is 2.21. The number of aromatic nitrogens is 1. The van der Waals surface area contributed by atoms with Gasteiger partial charge in [0.05, 0.1) is 12.8 Å². The lowest BCUT2D eigenvalue weighted by Gasteiger charge is -2.36. The number of nitrogens with zero attached hydrogens (tertiary/aromatic N) is 3. The standard InChI is InChI=1S/C19H24N4O2/c1-25-18-7-3-2-6-17(18)22-11-13-23(14-12-22)19(24)21-10-8-16-5-4-9-20-15-16/h2-7,9,15H,8,10-14H2,1H3,(H,21,24). The molecule has 1 N–H and O–H groups in total. The first-order valence-electron chi connectivity index (χ1n) is 8.57. The smallest absolute Gasteiger partial charge is 0.317 e. The highest BCUT2D eigenvalue weighted by Crippen LogP contribution is 2.28. The van der Waals surface area contributed by atoms with Crippen molar-refractivity contribution in [3.05, 3.63) is 54.4 Å². The summed E-state index contributed by atoms with van der Waals surface area (Å²) in [7, 11) is 1.69. The first-order chi connectivity index (χ1) is 12.3. The summed E-state index contributed by atoms with van der Waals surface area (Å²) in [6.07, 6.45) is 4.38. The van der Waals surface area contributed by atoms with Crippen LogP contribution < -0.4 is 15.0 Å².